The van der Waals surface area contributed by atoms with E-state index in [2.05, 4.69) is 16.2 Å². The highest BCUT2D eigenvalue weighted by atomic mass is 35.5. The van der Waals surface area contributed by atoms with Gasteiger partial charge in [0.05, 0.1) is 28.9 Å². The van der Waals surface area contributed by atoms with Gasteiger partial charge in [-0.05, 0) is 75.1 Å². The number of fused-ring (bicyclic) bond motifs is 1. The molecule has 1 saturated carbocycles. The number of hydrogen-bond donors (Lipinski definition) is 1. The summed E-state index contributed by atoms with van der Waals surface area (Å²) in [6.45, 7) is 3.70. The number of allylic oxidation sites excluding steroid dienone is 2. The molecule has 7 nitrogen and oxygen atoms in total. The standard InChI is InChI=1S/C31H35ClN4O3/c1-30(2,20-33)25-12-11-21(16-26(25)32)13-14-31(22-8-5-6-9-22)18-27(37)24(29(38)39-31)17-23-19-36-28(35-23)10-4-3-7-15-34-36/h3,7,11-12,15-16,19,22,37H,4-6,8-10,13-14,17-18H2,1-2H3. The number of halogens is 1. The topological polar surface area (TPSA) is 100 Å². The van der Waals surface area contributed by atoms with Gasteiger partial charge in [-0.2, -0.15) is 10.4 Å². The molecule has 1 N–H and O–H groups in total. The average Bonchev–Trinajstić information content (AvgIpc) is 3.56. The van der Waals surface area contributed by atoms with Gasteiger partial charge in [0.15, 0.2) is 0 Å². The number of nitriles is 1. The number of aromatic nitrogens is 2. The number of hydrogen-bond acceptors (Lipinski definition) is 6. The Morgan fingerprint density at radius 3 is 2.82 bits per heavy atom. The number of cyclic esters (lactones) is 1. The van der Waals surface area contributed by atoms with Crippen LogP contribution in [0.2, 0.25) is 5.02 Å². The first-order valence-electron chi connectivity index (χ1n) is 13.8. The summed E-state index contributed by atoms with van der Waals surface area (Å²) in [7, 11) is 0. The number of aliphatic hydroxyl groups excluding tert-OH is 1. The Kier molecular flexibility index (Phi) is 7.68. The molecule has 5 rings (SSSR count). The summed E-state index contributed by atoms with van der Waals surface area (Å²) in [5.41, 5.74) is 1.35. The van der Waals surface area contributed by atoms with Crippen molar-refractivity contribution in [1.29, 1.82) is 5.26 Å². The Bertz CT molecular complexity index is 1390. The summed E-state index contributed by atoms with van der Waals surface area (Å²) in [6.07, 6.45) is 15.0. The maximum absolute atomic E-state index is 13.4. The minimum absolute atomic E-state index is 0.105. The molecule has 8 heteroatoms. The maximum atomic E-state index is 13.4. The van der Waals surface area contributed by atoms with Crippen molar-refractivity contribution in [2.45, 2.75) is 89.1 Å². The minimum atomic E-state index is -0.753. The highest BCUT2D eigenvalue weighted by Crippen LogP contribution is 2.46. The molecular weight excluding hydrogens is 512 g/mol. The van der Waals surface area contributed by atoms with Crippen molar-refractivity contribution in [3.63, 3.8) is 0 Å². The van der Waals surface area contributed by atoms with E-state index < -0.39 is 17.0 Å². The maximum Gasteiger partial charge on any atom is 0.338 e. The second-order valence-electron chi connectivity index (χ2n) is 11.5. The van der Waals surface area contributed by atoms with Crippen molar-refractivity contribution in [2.75, 3.05) is 0 Å². The number of imidazole rings is 1. The molecule has 1 aromatic carbocycles. The van der Waals surface area contributed by atoms with Crippen LogP contribution in [0.25, 0.3) is 0 Å². The van der Waals surface area contributed by atoms with Gasteiger partial charge in [-0.15, -0.1) is 0 Å². The van der Waals surface area contributed by atoms with Crippen molar-refractivity contribution in [3.8, 4) is 6.07 Å². The monoisotopic (exact) mass is 546 g/mol. The van der Waals surface area contributed by atoms with Crippen LogP contribution in [-0.4, -0.2) is 32.6 Å². The molecule has 2 aliphatic heterocycles. The van der Waals surface area contributed by atoms with Crippen molar-refractivity contribution in [3.05, 3.63) is 75.5 Å². The molecule has 3 aliphatic rings. The van der Waals surface area contributed by atoms with E-state index in [4.69, 9.17) is 16.3 Å². The fourth-order valence-electron chi connectivity index (χ4n) is 6.10. The van der Waals surface area contributed by atoms with E-state index in [9.17, 15) is 15.2 Å². The normalized spacial score (nSPS) is 21.8. The number of carbonyl (C=O) groups excluding carboxylic acids is 1. The molecule has 0 amide bonds. The number of esters is 1. The number of aryl methyl sites for hydroxylation is 2. The van der Waals surface area contributed by atoms with Gasteiger partial charge >= 0.3 is 5.97 Å². The zero-order chi connectivity index (χ0) is 27.6. The fraction of sp³-hybridized carbons (Fsp3) is 0.484. The Labute approximate surface area is 234 Å². The van der Waals surface area contributed by atoms with Gasteiger partial charge in [-0.25, -0.2) is 14.5 Å². The van der Waals surface area contributed by atoms with Crippen LogP contribution in [-0.2, 0) is 34.2 Å². The first-order valence-corrected chi connectivity index (χ1v) is 14.2. The molecule has 39 heavy (non-hydrogen) atoms. The number of rotatable bonds is 7. The quantitative estimate of drug-likeness (QED) is 0.397. The van der Waals surface area contributed by atoms with E-state index in [1.807, 2.05) is 50.4 Å². The molecule has 1 atom stereocenters. The molecule has 0 bridgehead atoms. The van der Waals surface area contributed by atoms with Gasteiger partial charge in [0.2, 0.25) is 0 Å². The molecule has 0 radical (unpaired) electrons. The van der Waals surface area contributed by atoms with Crippen LogP contribution in [0, 0.1) is 17.2 Å². The van der Waals surface area contributed by atoms with Crippen molar-refractivity contribution in [2.24, 2.45) is 11.0 Å². The lowest BCUT2D eigenvalue weighted by Gasteiger charge is -2.42. The van der Waals surface area contributed by atoms with E-state index in [1.165, 1.54) is 0 Å². The summed E-state index contributed by atoms with van der Waals surface area (Å²) < 4.78 is 8.03. The SMILES string of the molecule is CC(C)(C#N)c1ccc(CCC2(C3CCCC3)CC(O)=C(Cc3cn4c(n3)CCC=CC=N4)C(=O)O2)cc1Cl. The zero-order valence-corrected chi connectivity index (χ0v) is 23.4. The van der Waals surface area contributed by atoms with E-state index in [0.717, 1.165) is 55.5 Å². The van der Waals surface area contributed by atoms with Gasteiger partial charge < -0.3 is 9.84 Å². The smallest absolute Gasteiger partial charge is 0.338 e. The third-order valence-corrected chi connectivity index (χ3v) is 8.71. The average molecular weight is 547 g/mol. The Morgan fingerprint density at radius 2 is 2.10 bits per heavy atom. The van der Waals surface area contributed by atoms with E-state index in [0.29, 0.717) is 30.0 Å². The van der Waals surface area contributed by atoms with Crippen LogP contribution in [0.15, 0.2) is 53.0 Å². The molecule has 1 aliphatic carbocycles. The molecular formula is C31H35ClN4O3. The predicted molar refractivity (Wildman–Crippen MR) is 151 cm³/mol. The summed E-state index contributed by atoms with van der Waals surface area (Å²) in [5, 5.41) is 25.7. The Hall–Kier alpha value is -3.37. The minimum Gasteiger partial charge on any atom is -0.512 e. The lowest BCUT2D eigenvalue weighted by atomic mass is 9.76. The first-order chi connectivity index (χ1) is 18.7. The van der Waals surface area contributed by atoms with Gasteiger partial charge in [0.25, 0.3) is 0 Å². The molecule has 204 valence electrons. The van der Waals surface area contributed by atoms with Crippen LogP contribution in [0.4, 0.5) is 0 Å². The largest absolute Gasteiger partial charge is 0.512 e. The Balaban J connectivity index is 1.36. The Morgan fingerprint density at radius 1 is 1.31 bits per heavy atom. The second-order valence-corrected chi connectivity index (χ2v) is 11.9. The van der Waals surface area contributed by atoms with Crippen LogP contribution in [0.1, 0.15) is 81.4 Å². The summed E-state index contributed by atoms with van der Waals surface area (Å²) in [6, 6.07) is 8.13. The second kappa shape index (κ2) is 11.0. The fourth-order valence-corrected chi connectivity index (χ4v) is 6.54. The van der Waals surface area contributed by atoms with Crippen LogP contribution in [0.3, 0.4) is 0 Å². The molecule has 0 spiro atoms. The third-order valence-electron chi connectivity index (χ3n) is 8.39. The lowest BCUT2D eigenvalue weighted by Crippen LogP contribution is -2.46. The van der Waals surface area contributed by atoms with Crippen molar-refractivity contribution < 1.29 is 14.6 Å². The van der Waals surface area contributed by atoms with Crippen LogP contribution in [0.5, 0.6) is 0 Å². The molecule has 1 unspecified atom stereocenters. The van der Waals surface area contributed by atoms with E-state index in [-0.39, 0.29) is 23.7 Å². The molecule has 1 fully saturated rings. The van der Waals surface area contributed by atoms with Gasteiger partial charge in [-0.1, -0.05) is 42.7 Å². The van der Waals surface area contributed by atoms with Crippen LogP contribution < -0.4 is 0 Å². The molecule has 3 heterocycles. The lowest BCUT2D eigenvalue weighted by molar-refractivity contribution is -0.167. The van der Waals surface area contributed by atoms with E-state index >= 15 is 0 Å². The van der Waals surface area contributed by atoms with E-state index in [1.54, 1.807) is 10.9 Å². The number of ether oxygens (including phenoxy) is 1. The number of carbonyl (C=O) groups is 1. The predicted octanol–water partition coefficient (Wildman–Crippen LogP) is 6.54. The third kappa shape index (κ3) is 5.67. The highest BCUT2D eigenvalue weighted by Gasteiger charge is 2.48. The van der Waals surface area contributed by atoms with Crippen LogP contribution >= 0.6 is 11.6 Å². The first kappa shape index (κ1) is 27.2. The summed E-state index contributed by atoms with van der Waals surface area (Å²) >= 11 is 6.57. The van der Waals surface area contributed by atoms with Gasteiger partial charge in [-0.3, -0.25) is 0 Å². The zero-order valence-electron chi connectivity index (χ0n) is 22.6. The van der Waals surface area contributed by atoms with Crippen molar-refractivity contribution >= 4 is 23.8 Å². The summed E-state index contributed by atoms with van der Waals surface area (Å²) in [4.78, 5) is 18.1. The molecule has 1 aromatic heterocycles. The summed E-state index contributed by atoms with van der Waals surface area (Å²) in [5.74, 6) is 0.679. The number of aliphatic hydroxyl groups is 1. The highest BCUT2D eigenvalue weighted by molar-refractivity contribution is 6.31. The molecule has 2 aromatic rings. The number of benzene rings is 1. The van der Waals surface area contributed by atoms with Crippen molar-refractivity contribution in [1.82, 2.24) is 9.66 Å². The van der Waals surface area contributed by atoms with Gasteiger partial charge in [0, 0.05) is 30.5 Å². The van der Waals surface area contributed by atoms with Gasteiger partial charge in [0.1, 0.15) is 17.2 Å². The molecule has 0 saturated heterocycles. The number of nitrogens with zero attached hydrogens (tertiary/aromatic N) is 4.